The third kappa shape index (κ3) is 13.7. The first-order valence-corrected chi connectivity index (χ1v) is 10.1. The summed E-state index contributed by atoms with van der Waals surface area (Å²) in [5.41, 5.74) is 0.197. The van der Waals surface area contributed by atoms with Crippen LogP contribution in [0.15, 0.2) is 11.6 Å². The Kier molecular flexibility index (Phi) is 15.4. The van der Waals surface area contributed by atoms with Crippen LogP contribution in [0.25, 0.3) is 0 Å². The van der Waals surface area contributed by atoms with Crippen molar-refractivity contribution in [3.05, 3.63) is 11.6 Å². The summed E-state index contributed by atoms with van der Waals surface area (Å²) in [6.07, 6.45) is 20.5. The van der Waals surface area contributed by atoms with E-state index < -0.39 is 12.1 Å². The molecule has 0 aromatic rings. The summed E-state index contributed by atoms with van der Waals surface area (Å²) < 4.78 is 5.13. The molecule has 0 saturated heterocycles. The van der Waals surface area contributed by atoms with Gasteiger partial charge in [0.1, 0.15) is 6.10 Å². The SMILES string of the molecule is C#C[C@@H](O)/C(=C\CCCCCCCCCCCCC)C(=O)OC(C)C. The molecule has 0 amide bonds. The van der Waals surface area contributed by atoms with Gasteiger partial charge in [0.05, 0.1) is 11.7 Å². The first-order valence-electron chi connectivity index (χ1n) is 10.1. The summed E-state index contributed by atoms with van der Waals surface area (Å²) >= 11 is 0. The average Bonchev–Trinajstić information content (AvgIpc) is 2.57. The predicted molar refractivity (Wildman–Crippen MR) is 105 cm³/mol. The summed E-state index contributed by atoms with van der Waals surface area (Å²) in [5.74, 6) is 1.69. The number of aliphatic hydroxyl groups is 1. The fourth-order valence-electron chi connectivity index (χ4n) is 2.74. The molecular formula is C22H38O3. The molecule has 0 aliphatic carbocycles. The zero-order chi connectivity index (χ0) is 18.9. The van der Waals surface area contributed by atoms with Crippen molar-refractivity contribution in [1.82, 2.24) is 0 Å². The molecule has 25 heavy (non-hydrogen) atoms. The van der Waals surface area contributed by atoms with Crippen LogP contribution in [0.3, 0.4) is 0 Å². The smallest absolute Gasteiger partial charge is 0.337 e. The zero-order valence-electron chi connectivity index (χ0n) is 16.6. The fourth-order valence-corrected chi connectivity index (χ4v) is 2.74. The second-order valence-corrected chi connectivity index (χ2v) is 7.01. The van der Waals surface area contributed by atoms with Crippen LogP contribution in [0.2, 0.25) is 0 Å². The molecule has 0 fully saturated rings. The second-order valence-electron chi connectivity index (χ2n) is 7.01. The number of hydrogen-bond acceptors (Lipinski definition) is 3. The van der Waals surface area contributed by atoms with Crippen LogP contribution < -0.4 is 0 Å². The van der Waals surface area contributed by atoms with Crippen LogP contribution >= 0.6 is 0 Å². The summed E-state index contributed by atoms with van der Waals surface area (Å²) in [6.45, 7) is 5.81. The highest BCUT2D eigenvalue weighted by Gasteiger charge is 2.18. The van der Waals surface area contributed by atoms with E-state index in [4.69, 9.17) is 11.2 Å². The molecule has 0 heterocycles. The van der Waals surface area contributed by atoms with Gasteiger partial charge in [-0.2, -0.15) is 0 Å². The van der Waals surface area contributed by atoms with E-state index in [1.54, 1.807) is 19.9 Å². The van der Waals surface area contributed by atoms with Crippen molar-refractivity contribution in [3.8, 4) is 12.3 Å². The lowest BCUT2D eigenvalue weighted by Crippen LogP contribution is -2.21. The number of ether oxygens (including phenoxy) is 1. The number of hydrogen-bond donors (Lipinski definition) is 1. The van der Waals surface area contributed by atoms with E-state index in [9.17, 15) is 9.90 Å². The van der Waals surface area contributed by atoms with Crippen molar-refractivity contribution in [1.29, 1.82) is 0 Å². The van der Waals surface area contributed by atoms with Crippen LogP contribution in [0.4, 0.5) is 0 Å². The van der Waals surface area contributed by atoms with Gasteiger partial charge in [-0.1, -0.05) is 83.1 Å². The summed E-state index contributed by atoms with van der Waals surface area (Å²) in [6, 6.07) is 0. The van der Waals surface area contributed by atoms with E-state index in [0.717, 1.165) is 19.3 Å². The molecule has 0 bridgehead atoms. The molecule has 0 aliphatic heterocycles. The van der Waals surface area contributed by atoms with Crippen molar-refractivity contribution < 1.29 is 14.6 Å². The monoisotopic (exact) mass is 350 g/mol. The highest BCUT2D eigenvalue weighted by atomic mass is 16.5. The van der Waals surface area contributed by atoms with Crippen LogP contribution in [0.1, 0.15) is 97.8 Å². The minimum Gasteiger partial charge on any atom is -0.460 e. The summed E-state index contributed by atoms with van der Waals surface area (Å²) in [4.78, 5) is 11.9. The Morgan fingerprint density at radius 1 is 1.00 bits per heavy atom. The lowest BCUT2D eigenvalue weighted by molar-refractivity contribution is -0.143. The maximum atomic E-state index is 11.9. The number of aliphatic hydroxyl groups excluding tert-OH is 1. The Bertz CT molecular complexity index is 404. The fraction of sp³-hybridized carbons (Fsp3) is 0.773. The van der Waals surface area contributed by atoms with Gasteiger partial charge in [0.25, 0.3) is 0 Å². The largest absolute Gasteiger partial charge is 0.460 e. The third-order valence-corrected chi connectivity index (χ3v) is 4.20. The highest BCUT2D eigenvalue weighted by Crippen LogP contribution is 2.14. The van der Waals surface area contributed by atoms with E-state index in [-0.39, 0.29) is 11.7 Å². The topological polar surface area (TPSA) is 46.5 Å². The number of allylic oxidation sites excluding steroid dienone is 1. The number of rotatable bonds is 15. The highest BCUT2D eigenvalue weighted by molar-refractivity contribution is 5.90. The summed E-state index contributed by atoms with van der Waals surface area (Å²) in [5, 5.41) is 9.77. The molecule has 0 aromatic carbocycles. The van der Waals surface area contributed by atoms with Crippen LogP contribution in [0, 0.1) is 12.3 Å². The number of terminal acetylenes is 1. The lowest BCUT2D eigenvalue weighted by atomic mass is 10.0. The number of carbonyl (C=O) groups is 1. The quantitative estimate of drug-likeness (QED) is 0.182. The molecule has 0 aromatic heterocycles. The maximum absolute atomic E-state index is 11.9. The Balaban J connectivity index is 3.84. The van der Waals surface area contributed by atoms with Crippen LogP contribution in [-0.4, -0.2) is 23.3 Å². The lowest BCUT2D eigenvalue weighted by Gasteiger charge is -2.12. The van der Waals surface area contributed by atoms with E-state index in [2.05, 4.69) is 12.8 Å². The molecule has 1 atom stereocenters. The Morgan fingerprint density at radius 3 is 1.92 bits per heavy atom. The Morgan fingerprint density at radius 2 is 1.48 bits per heavy atom. The number of carbonyl (C=O) groups excluding carboxylic acids is 1. The second kappa shape index (κ2) is 16.2. The average molecular weight is 351 g/mol. The Labute approximate surface area is 155 Å². The number of esters is 1. The van der Waals surface area contributed by atoms with Gasteiger partial charge in [0, 0.05) is 0 Å². The number of unbranched alkanes of at least 4 members (excludes halogenated alkanes) is 11. The van der Waals surface area contributed by atoms with E-state index in [1.165, 1.54) is 57.8 Å². The van der Waals surface area contributed by atoms with Crippen molar-refractivity contribution in [2.24, 2.45) is 0 Å². The van der Waals surface area contributed by atoms with E-state index in [0.29, 0.717) is 0 Å². The molecule has 0 radical (unpaired) electrons. The first-order chi connectivity index (χ1) is 12.0. The van der Waals surface area contributed by atoms with Gasteiger partial charge in [-0.3, -0.25) is 0 Å². The summed E-state index contributed by atoms with van der Waals surface area (Å²) in [7, 11) is 0. The van der Waals surface area contributed by atoms with Gasteiger partial charge >= 0.3 is 5.97 Å². The molecule has 0 saturated carbocycles. The van der Waals surface area contributed by atoms with E-state index in [1.807, 2.05) is 0 Å². The van der Waals surface area contributed by atoms with Gasteiger partial charge in [-0.15, -0.1) is 6.42 Å². The van der Waals surface area contributed by atoms with Crippen LogP contribution in [-0.2, 0) is 9.53 Å². The molecule has 3 nitrogen and oxygen atoms in total. The van der Waals surface area contributed by atoms with Crippen LogP contribution in [0.5, 0.6) is 0 Å². The molecule has 144 valence electrons. The normalized spacial score (nSPS) is 12.9. The van der Waals surface area contributed by atoms with E-state index >= 15 is 0 Å². The van der Waals surface area contributed by atoms with Gasteiger partial charge in [-0.05, 0) is 26.7 Å². The maximum Gasteiger partial charge on any atom is 0.337 e. The molecule has 0 rings (SSSR count). The van der Waals surface area contributed by atoms with Crippen molar-refractivity contribution >= 4 is 5.97 Å². The van der Waals surface area contributed by atoms with Gasteiger partial charge < -0.3 is 9.84 Å². The minimum atomic E-state index is -1.18. The molecule has 3 heteroatoms. The Hall–Kier alpha value is -1.27. The molecule has 0 unspecified atom stereocenters. The zero-order valence-corrected chi connectivity index (χ0v) is 16.6. The standard InChI is InChI=1S/C22H38O3/c1-5-7-8-9-10-11-12-13-14-15-16-17-18-20(21(23)6-2)22(24)25-19(3)4/h2,18-19,21,23H,5,7-17H2,1,3-4H3/b20-18+/t21-/m1/s1. The minimum absolute atomic E-state index is 0.197. The third-order valence-electron chi connectivity index (χ3n) is 4.20. The predicted octanol–water partition coefficient (Wildman–Crippen LogP) is 5.56. The molecule has 0 spiro atoms. The first kappa shape index (κ1) is 23.7. The molecule has 0 aliphatic rings. The van der Waals surface area contributed by atoms with Crippen molar-refractivity contribution in [2.45, 2.75) is 110 Å². The van der Waals surface area contributed by atoms with Gasteiger partial charge in [-0.25, -0.2) is 4.79 Å². The van der Waals surface area contributed by atoms with Gasteiger partial charge in [0.2, 0.25) is 0 Å². The van der Waals surface area contributed by atoms with Gasteiger partial charge in [0.15, 0.2) is 0 Å². The van der Waals surface area contributed by atoms with Crippen molar-refractivity contribution in [2.75, 3.05) is 0 Å². The molecule has 1 N–H and O–H groups in total. The van der Waals surface area contributed by atoms with Crippen molar-refractivity contribution in [3.63, 3.8) is 0 Å². The molecular weight excluding hydrogens is 312 g/mol.